The van der Waals surface area contributed by atoms with Crippen molar-refractivity contribution in [3.63, 3.8) is 0 Å². The maximum Gasteiger partial charge on any atom is 0.130 e. The summed E-state index contributed by atoms with van der Waals surface area (Å²) in [4.78, 5) is 4.29. The van der Waals surface area contributed by atoms with Crippen LogP contribution in [-0.4, -0.2) is 34.4 Å². The summed E-state index contributed by atoms with van der Waals surface area (Å²) in [5, 5.41) is 15.0. The van der Waals surface area contributed by atoms with Crippen molar-refractivity contribution in [3.05, 3.63) is 96.4 Å². The van der Waals surface area contributed by atoms with Gasteiger partial charge in [0.1, 0.15) is 12.4 Å². The molecule has 0 fully saturated rings. The lowest BCUT2D eigenvalue weighted by atomic mass is 10.0. The number of ether oxygens (including phenoxy) is 1. The Bertz CT molecular complexity index is 1050. The van der Waals surface area contributed by atoms with Gasteiger partial charge in [-0.05, 0) is 49.0 Å². The Morgan fingerprint density at radius 1 is 1.03 bits per heavy atom. The van der Waals surface area contributed by atoms with Gasteiger partial charge in [0.15, 0.2) is 0 Å². The number of rotatable bonds is 8. The van der Waals surface area contributed by atoms with Gasteiger partial charge in [0, 0.05) is 29.8 Å². The Balaban J connectivity index is 1.63. The first kappa shape index (κ1) is 19.2. The smallest absolute Gasteiger partial charge is 0.130 e. The van der Waals surface area contributed by atoms with E-state index in [0.717, 1.165) is 27.9 Å². The van der Waals surface area contributed by atoms with Gasteiger partial charge in [-0.2, -0.15) is 0 Å². The average Bonchev–Trinajstić information content (AvgIpc) is 3.17. The molecular formula is C24H25N3O2. The standard InChI is InChI=1S/C24H25N3O2/c1-25-16-23(28)24(18-7-3-2-4-8-18)27-14-12-19-15-21(10-11-22(19)27)29-17-20-9-5-6-13-26-20/h2-15,23-25,28H,16-17H2,1H3/t23-,24+/m1/s1. The van der Waals surface area contributed by atoms with E-state index in [1.807, 2.05) is 67.8 Å². The molecule has 2 heterocycles. The Morgan fingerprint density at radius 3 is 2.62 bits per heavy atom. The fraction of sp³-hybridized carbons (Fsp3) is 0.208. The molecule has 4 aromatic rings. The van der Waals surface area contributed by atoms with Crippen molar-refractivity contribution in [2.75, 3.05) is 13.6 Å². The molecule has 5 nitrogen and oxygen atoms in total. The van der Waals surface area contributed by atoms with E-state index >= 15 is 0 Å². The zero-order chi connectivity index (χ0) is 20.1. The largest absolute Gasteiger partial charge is 0.487 e. The summed E-state index contributed by atoms with van der Waals surface area (Å²) in [6.07, 6.45) is 3.24. The van der Waals surface area contributed by atoms with Gasteiger partial charge < -0.3 is 19.7 Å². The van der Waals surface area contributed by atoms with E-state index in [1.54, 1.807) is 6.20 Å². The molecular weight excluding hydrogens is 362 g/mol. The van der Waals surface area contributed by atoms with E-state index < -0.39 is 6.10 Å². The summed E-state index contributed by atoms with van der Waals surface area (Å²) in [6.45, 7) is 0.936. The van der Waals surface area contributed by atoms with Gasteiger partial charge >= 0.3 is 0 Å². The topological polar surface area (TPSA) is 59.3 Å². The van der Waals surface area contributed by atoms with Crippen LogP contribution in [0.4, 0.5) is 0 Å². The van der Waals surface area contributed by atoms with Crippen LogP contribution < -0.4 is 10.1 Å². The summed E-state index contributed by atoms with van der Waals surface area (Å²) < 4.78 is 8.04. The maximum atomic E-state index is 10.8. The number of nitrogens with zero attached hydrogens (tertiary/aromatic N) is 2. The van der Waals surface area contributed by atoms with E-state index in [4.69, 9.17) is 4.74 Å². The number of aliphatic hydroxyl groups excluding tert-OH is 1. The van der Waals surface area contributed by atoms with Gasteiger partial charge in [0.2, 0.25) is 0 Å². The van der Waals surface area contributed by atoms with Crippen molar-refractivity contribution in [3.8, 4) is 5.75 Å². The van der Waals surface area contributed by atoms with Crippen molar-refractivity contribution >= 4 is 10.9 Å². The quantitative estimate of drug-likeness (QED) is 0.483. The molecule has 0 aliphatic rings. The van der Waals surface area contributed by atoms with Crippen molar-refractivity contribution < 1.29 is 9.84 Å². The highest BCUT2D eigenvalue weighted by molar-refractivity contribution is 5.82. The lowest BCUT2D eigenvalue weighted by Crippen LogP contribution is -2.33. The van der Waals surface area contributed by atoms with Crippen LogP contribution in [0.1, 0.15) is 17.3 Å². The molecule has 0 saturated heterocycles. The second-order valence-electron chi connectivity index (χ2n) is 7.03. The van der Waals surface area contributed by atoms with E-state index in [-0.39, 0.29) is 6.04 Å². The molecule has 0 aliphatic heterocycles. The molecule has 29 heavy (non-hydrogen) atoms. The highest BCUT2D eigenvalue weighted by Crippen LogP contribution is 2.30. The highest BCUT2D eigenvalue weighted by Gasteiger charge is 2.23. The van der Waals surface area contributed by atoms with Gasteiger partial charge in [-0.25, -0.2) is 0 Å². The van der Waals surface area contributed by atoms with Crippen LogP contribution in [0, 0.1) is 0 Å². The number of fused-ring (bicyclic) bond motifs is 1. The van der Waals surface area contributed by atoms with Gasteiger partial charge in [0.25, 0.3) is 0 Å². The summed E-state index contributed by atoms with van der Waals surface area (Å²) in [5.74, 6) is 0.799. The number of hydrogen-bond acceptors (Lipinski definition) is 4. The number of benzene rings is 2. The third kappa shape index (κ3) is 4.31. The lowest BCUT2D eigenvalue weighted by Gasteiger charge is -2.26. The third-order valence-electron chi connectivity index (χ3n) is 5.02. The number of pyridine rings is 1. The molecule has 0 amide bonds. The molecule has 0 aliphatic carbocycles. The molecule has 2 atom stereocenters. The number of aliphatic hydroxyl groups is 1. The number of likely N-dealkylation sites (N-methyl/N-ethyl adjacent to an activating group) is 1. The SMILES string of the molecule is CNC[C@@H](O)[C@H](c1ccccc1)n1ccc2cc(OCc3ccccn3)ccc21. The van der Waals surface area contributed by atoms with Crippen LogP contribution in [0.25, 0.3) is 10.9 Å². The van der Waals surface area contributed by atoms with Crippen molar-refractivity contribution in [1.82, 2.24) is 14.9 Å². The average molecular weight is 387 g/mol. The van der Waals surface area contributed by atoms with Crippen LogP contribution >= 0.6 is 0 Å². The van der Waals surface area contributed by atoms with Gasteiger partial charge in [-0.15, -0.1) is 0 Å². The molecule has 0 bridgehead atoms. The molecule has 0 saturated carbocycles. The maximum absolute atomic E-state index is 10.8. The summed E-state index contributed by atoms with van der Waals surface area (Å²) in [7, 11) is 1.85. The summed E-state index contributed by atoms with van der Waals surface area (Å²) in [6, 6.07) is 23.8. The van der Waals surface area contributed by atoms with Crippen LogP contribution in [0.3, 0.4) is 0 Å². The predicted molar refractivity (Wildman–Crippen MR) is 115 cm³/mol. The number of nitrogens with one attached hydrogen (secondary N) is 1. The fourth-order valence-corrected chi connectivity index (χ4v) is 3.65. The zero-order valence-electron chi connectivity index (χ0n) is 16.4. The van der Waals surface area contributed by atoms with Crippen molar-refractivity contribution in [1.29, 1.82) is 0 Å². The first-order valence-electron chi connectivity index (χ1n) is 9.77. The second-order valence-corrected chi connectivity index (χ2v) is 7.03. The van der Waals surface area contributed by atoms with Crippen LogP contribution in [-0.2, 0) is 6.61 Å². The minimum Gasteiger partial charge on any atom is -0.487 e. The van der Waals surface area contributed by atoms with Crippen LogP contribution in [0.5, 0.6) is 5.75 Å². The number of hydrogen-bond donors (Lipinski definition) is 2. The fourth-order valence-electron chi connectivity index (χ4n) is 3.65. The Morgan fingerprint density at radius 2 is 1.86 bits per heavy atom. The molecule has 0 unspecified atom stereocenters. The normalized spacial score (nSPS) is 13.3. The molecule has 2 aromatic carbocycles. The Kier molecular flexibility index (Phi) is 5.89. The molecule has 2 N–H and O–H groups in total. The minimum atomic E-state index is -0.557. The first-order valence-corrected chi connectivity index (χ1v) is 9.77. The van der Waals surface area contributed by atoms with E-state index in [0.29, 0.717) is 13.2 Å². The van der Waals surface area contributed by atoms with E-state index in [2.05, 4.69) is 33.1 Å². The molecule has 4 rings (SSSR count). The van der Waals surface area contributed by atoms with Crippen LogP contribution in [0.2, 0.25) is 0 Å². The lowest BCUT2D eigenvalue weighted by molar-refractivity contribution is 0.132. The Hall–Kier alpha value is -3.15. The van der Waals surface area contributed by atoms with E-state index in [1.165, 1.54) is 0 Å². The zero-order valence-corrected chi connectivity index (χ0v) is 16.4. The second kappa shape index (κ2) is 8.90. The van der Waals surface area contributed by atoms with Crippen LogP contribution in [0.15, 0.2) is 85.2 Å². The van der Waals surface area contributed by atoms with Crippen molar-refractivity contribution in [2.45, 2.75) is 18.8 Å². The van der Waals surface area contributed by atoms with E-state index in [9.17, 15) is 5.11 Å². The Labute approximate surface area is 170 Å². The monoisotopic (exact) mass is 387 g/mol. The summed E-state index contributed by atoms with van der Waals surface area (Å²) in [5.41, 5.74) is 3.02. The highest BCUT2D eigenvalue weighted by atomic mass is 16.5. The molecule has 2 aromatic heterocycles. The molecule has 0 spiro atoms. The first-order chi connectivity index (χ1) is 14.3. The minimum absolute atomic E-state index is 0.179. The summed E-state index contributed by atoms with van der Waals surface area (Å²) >= 11 is 0. The predicted octanol–water partition coefficient (Wildman–Crippen LogP) is 3.79. The molecule has 0 radical (unpaired) electrons. The van der Waals surface area contributed by atoms with Gasteiger partial charge in [-0.3, -0.25) is 4.98 Å². The molecule has 5 heteroatoms. The van der Waals surface area contributed by atoms with Crippen molar-refractivity contribution in [2.24, 2.45) is 0 Å². The van der Waals surface area contributed by atoms with Gasteiger partial charge in [0.05, 0.1) is 17.8 Å². The third-order valence-corrected chi connectivity index (χ3v) is 5.02. The van der Waals surface area contributed by atoms with Gasteiger partial charge in [-0.1, -0.05) is 36.4 Å². The molecule has 148 valence electrons. The number of aromatic nitrogens is 2.